The second-order valence-corrected chi connectivity index (χ2v) is 10.8. The molecular weight excluding hydrogens is 466 g/mol. The zero-order valence-electron chi connectivity index (χ0n) is 21.7. The van der Waals surface area contributed by atoms with Gasteiger partial charge in [0.25, 0.3) is 0 Å². The maximum Gasteiger partial charge on any atom is 0.244 e. The van der Waals surface area contributed by atoms with E-state index in [1.165, 1.54) is 4.90 Å². The number of carbonyl (C=O) groups excluding carboxylic acids is 2. The van der Waals surface area contributed by atoms with E-state index in [0.29, 0.717) is 11.4 Å². The van der Waals surface area contributed by atoms with Crippen molar-refractivity contribution in [2.75, 3.05) is 24.2 Å². The molecule has 2 amide bonds. The fourth-order valence-electron chi connectivity index (χ4n) is 3.66. The molecule has 0 aliphatic carbocycles. The highest BCUT2D eigenvalue weighted by molar-refractivity contribution is 7.92. The van der Waals surface area contributed by atoms with E-state index in [0.717, 1.165) is 33.7 Å². The lowest BCUT2D eigenvalue weighted by atomic mass is 10.1. The Morgan fingerprint density at radius 2 is 1.69 bits per heavy atom. The van der Waals surface area contributed by atoms with Gasteiger partial charge in [0.2, 0.25) is 21.8 Å². The Morgan fingerprint density at radius 3 is 2.20 bits per heavy atom. The van der Waals surface area contributed by atoms with Gasteiger partial charge in [0, 0.05) is 12.6 Å². The number of rotatable bonds is 11. The van der Waals surface area contributed by atoms with Gasteiger partial charge in [-0.3, -0.25) is 13.9 Å². The van der Waals surface area contributed by atoms with Gasteiger partial charge >= 0.3 is 0 Å². The molecule has 0 aliphatic heterocycles. The van der Waals surface area contributed by atoms with Crippen LogP contribution in [0.5, 0.6) is 5.75 Å². The number of nitrogens with one attached hydrogen (secondary N) is 1. The van der Waals surface area contributed by atoms with E-state index in [9.17, 15) is 18.0 Å². The first-order valence-electron chi connectivity index (χ1n) is 11.6. The van der Waals surface area contributed by atoms with E-state index in [1.807, 2.05) is 52.0 Å². The monoisotopic (exact) mass is 503 g/mol. The molecule has 8 nitrogen and oxygen atoms in total. The minimum Gasteiger partial charge on any atom is -0.497 e. The fraction of sp³-hybridized carbons (Fsp3) is 0.462. The van der Waals surface area contributed by atoms with Crippen LogP contribution in [-0.2, 0) is 26.2 Å². The summed E-state index contributed by atoms with van der Waals surface area (Å²) in [5.74, 6) is -0.0936. The van der Waals surface area contributed by atoms with Crippen LogP contribution in [0.15, 0.2) is 42.5 Å². The average Bonchev–Trinajstić information content (AvgIpc) is 2.80. The number of sulfonamides is 1. The van der Waals surface area contributed by atoms with Crippen LogP contribution >= 0.6 is 0 Å². The highest BCUT2D eigenvalue weighted by atomic mass is 32.2. The van der Waals surface area contributed by atoms with Crippen molar-refractivity contribution in [2.45, 2.75) is 59.7 Å². The summed E-state index contributed by atoms with van der Waals surface area (Å²) in [6.45, 7) is 8.96. The zero-order valence-corrected chi connectivity index (χ0v) is 22.5. The van der Waals surface area contributed by atoms with Gasteiger partial charge < -0.3 is 15.0 Å². The topological polar surface area (TPSA) is 96.0 Å². The number of amides is 2. The first-order chi connectivity index (χ1) is 16.4. The van der Waals surface area contributed by atoms with Crippen molar-refractivity contribution in [3.8, 4) is 5.75 Å². The minimum atomic E-state index is -3.76. The number of anilines is 1. The van der Waals surface area contributed by atoms with E-state index in [4.69, 9.17) is 4.74 Å². The summed E-state index contributed by atoms with van der Waals surface area (Å²) in [7, 11) is -2.20. The first kappa shape index (κ1) is 28.2. The number of aryl methyl sites for hydroxylation is 2. The summed E-state index contributed by atoms with van der Waals surface area (Å²) in [6, 6.07) is 11.7. The predicted molar refractivity (Wildman–Crippen MR) is 139 cm³/mol. The number of nitrogens with zero attached hydrogens (tertiary/aromatic N) is 2. The highest BCUT2D eigenvalue weighted by Gasteiger charge is 2.30. The van der Waals surface area contributed by atoms with Crippen molar-refractivity contribution < 1.29 is 22.7 Å². The van der Waals surface area contributed by atoms with Gasteiger partial charge in [-0.25, -0.2) is 8.42 Å². The molecule has 0 saturated heterocycles. The van der Waals surface area contributed by atoms with E-state index >= 15 is 0 Å². The third kappa shape index (κ3) is 7.71. The van der Waals surface area contributed by atoms with Crippen LogP contribution in [0.4, 0.5) is 5.69 Å². The number of benzene rings is 2. The van der Waals surface area contributed by atoms with Crippen molar-refractivity contribution in [1.82, 2.24) is 10.2 Å². The van der Waals surface area contributed by atoms with E-state index < -0.39 is 28.5 Å². The smallest absolute Gasteiger partial charge is 0.244 e. The molecule has 0 radical (unpaired) electrons. The summed E-state index contributed by atoms with van der Waals surface area (Å²) in [5, 5.41) is 2.91. The first-order valence-corrected chi connectivity index (χ1v) is 13.5. The molecule has 192 valence electrons. The van der Waals surface area contributed by atoms with Crippen LogP contribution in [-0.4, -0.2) is 57.1 Å². The van der Waals surface area contributed by atoms with Gasteiger partial charge in [0.1, 0.15) is 18.3 Å². The Kier molecular flexibility index (Phi) is 9.71. The lowest BCUT2D eigenvalue weighted by Crippen LogP contribution is -2.52. The van der Waals surface area contributed by atoms with Crippen LogP contribution in [0, 0.1) is 13.8 Å². The predicted octanol–water partition coefficient (Wildman–Crippen LogP) is 3.41. The zero-order chi connectivity index (χ0) is 26.3. The highest BCUT2D eigenvalue weighted by Crippen LogP contribution is 2.24. The SMILES string of the molecule is CC[C@@H](C)NC(=O)[C@@H](C)N(Cc1ccc(OC)cc1)C(=O)CN(c1ccc(C)cc1C)S(C)(=O)=O. The molecule has 0 spiro atoms. The van der Waals surface area contributed by atoms with Crippen LogP contribution in [0.2, 0.25) is 0 Å². The lowest BCUT2D eigenvalue weighted by Gasteiger charge is -2.32. The van der Waals surface area contributed by atoms with Gasteiger partial charge in [-0.2, -0.15) is 0 Å². The van der Waals surface area contributed by atoms with Gasteiger partial charge in [0.05, 0.1) is 19.1 Å². The molecule has 0 saturated carbocycles. The molecule has 35 heavy (non-hydrogen) atoms. The van der Waals surface area contributed by atoms with E-state index in [1.54, 1.807) is 32.2 Å². The third-order valence-electron chi connectivity index (χ3n) is 5.98. The van der Waals surface area contributed by atoms with Crippen molar-refractivity contribution in [2.24, 2.45) is 0 Å². The Balaban J connectivity index is 2.41. The maximum atomic E-state index is 13.6. The number of carbonyl (C=O) groups is 2. The molecule has 0 heterocycles. The summed E-state index contributed by atoms with van der Waals surface area (Å²) >= 11 is 0. The van der Waals surface area contributed by atoms with Crippen molar-refractivity contribution in [3.63, 3.8) is 0 Å². The average molecular weight is 504 g/mol. The summed E-state index contributed by atoms with van der Waals surface area (Å²) < 4.78 is 31.7. The Morgan fingerprint density at radius 1 is 1.06 bits per heavy atom. The van der Waals surface area contributed by atoms with Crippen LogP contribution in [0.3, 0.4) is 0 Å². The largest absolute Gasteiger partial charge is 0.497 e. The third-order valence-corrected chi connectivity index (χ3v) is 7.11. The second-order valence-electron chi connectivity index (χ2n) is 8.92. The summed E-state index contributed by atoms with van der Waals surface area (Å²) in [6.07, 6.45) is 1.83. The molecule has 0 fully saturated rings. The van der Waals surface area contributed by atoms with E-state index in [-0.39, 0.29) is 18.5 Å². The fourth-order valence-corrected chi connectivity index (χ4v) is 4.56. The number of ether oxygens (including phenoxy) is 1. The molecule has 0 aromatic heterocycles. The molecule has 2 aromatic rings. The molecule has 9 heteroatoms. The van der Waals surface area contributed by atoms with Crippen molar-refractivity contribution in [1.29, 1.82) is 0 Å². The molecule has 0 unspecified atom stereocenters. The van der Waals surface area contributed by atoms with Crippen LogP contribution < -0.4 is 14.4 Å². The molecular formula is C26H37N3O5S. The van der Waals surface area contributed by atoms with Gasteiger partial charge in [-0.15, -0.1) is 0 Å². The molecule has 0 bridgehead atoms. The number of methoxy groups -OCH3 is 1. The quantitative estimate of drug-likeness (QED) is 0.507. The van der Waals surface area contributed by atoms with Crippen molar-refractivity contribution >= 4 is 27.5 Å². The maximum absolute atomic E-state index is 13.6. The van der Waals surface area contributed by atoms with Gasteiger partial charge in [-0.05, 0) is 63.4 Å². The van der Waals surface area contributed by atoms with Crippen LogP contribution in [0.1, 0.15) is 43.9 Å². The Hall–Kier alpha value is -3.07. The minimum absolute atomic E-state index is 0.0504. The van der Waals surface area contributed by atoms with E-state index in [2.05, 4.69) is 5.32 Å². The van der Waals surface area contributed by atoms with Gasteiger partial charge in [-0.1, -0.05) is 36.8 Å². The van der Waals surface area contributed by atoms with Crippen molar-refractivity contribution in [3.05, 3.63) is 59.2 Å². The Bertz CT molecular complexity index is 1130. The molecule has 2 atom stereocenters. The Labute approximate surface area is 209 Å². The number of hydrogen-bond acceptors (Lipinski definition) is 5. The molecule has 1 N–H and O–H groups in total. The van der Waals surface area contributed by atoms with Gasteiger partial charge in [0.15, 0.2) is 0 Å². The summed E-state index contributed by atoms with van der Waals surface area (Å²) in [4.78, 5) is 27.9. The second kappa shape index (κ2) is 12.1. The molecule has 0 aliphatic rings. The lowest BCUT2D eigenvalue weighted by molar-refractivity contribution is -0.139. The molecule has 2 aromatic carbocycles. The standard InChI is InChI=1S/C26H37N3O5S/c1-8-20(4)27-26(31)21(5)28(16-22-10-12-23(34-6)13-11-22)25(30)17-29(35(7,32)33)24-14-9-18(2)15-19(24)3/h9-15,20-21H,8,16-17H2,1-7H3,(H,27,31)/t20-,21-/m1/s1. The molecule has 2 rings (SSSR count). The van der Waals surface area contributed by atoms with Crippen LogP contribution in [0.25, 0.3) is 0 Å². The normalized spacial score (nSPS) is 13.0. The summed E-state index contributed by atoms with van der Waals surface area (Å²) in [5.41, 5.74) is 2.96. The number of hydrogen-bond donors (Lipinski definition) is 1.